The summed E-state index contributed by atoms with van der Waals surface area (Å²) in [6.07, 6.45) is 10.0. The highest BCUT2D eigenvalue weighted by Gasteiger charge is 2.65. The monoisotopic (exact) mass is 707 g/mol. The smallest absolute Gasteiger partial charge is 0.281 e. The van der Waals surface area contributed by atoms with Gasteiger partial charge >= 0.3 is 0 Å². The lowest BCUT2D eigenvalue weighted by Crippen LogP contribution is -2.57. The number of sulfonamides is 1. The maximum atomic E-state index is 15.1. The molecule has 3 aliphatic heterocycles. The van der Waals surface area contributed by atoms with Gasteiger partial charge in [-0.2, -0.15) is 8.42 Å². The van der Waals surface area contributed by atoms with E-state index in [4.69, 9.17) is 4.74 Å². The molecule has 0 radical (unpaired) electrons. The zero-order chi connectivity index (χ0) is 35.2. The third-order valence-electron chi connectivity index (χ3n) is 12.5. The number of nitrogens with zero attached hydrogens (tertiary/aromatic N) is 4. The lowest BCUT2D eigenvalue weighted by Gasteiger charge is -2.41. The van der Waals surface area contributed by atoms with Crippen LogP contribution < -0.4 is 9.46 Å². The molecular weight excluding hydrogens is 663 g/mol. The first-order chi connectivity index (χ1) is 24.6. The van der Waals surface area contributed by atoms with Gasteiger partial charge in [-0.05, 0) is 105 Å². The molecule has 4 fully saturated rings. The van der Waals surface area contributed by atoms with Crippen molar-refractivity contribution in [1.82, 2.24) is 24.1 Å². The van der Waals surface area contributed by atoms with E-state index in [1.54, 1.807) is 19.2 Å². The van der Waals surface area contributed by atoms with E-state index >= 15 is 4.79 Å². The highest BCUT2D eigenvalue weighted by atomic mass is 32.2. The Balaban J connectivity index is 1.20. The number of hydrogen-bond acceptors (Lipinski definition) is 7. The van der Waals surface area contributed by atoms with Gasteiger partial charge in [0, 0.05) is 65.9 Å². The maximum absolute atomic E-state index is 15.1. The number of aromatic nitrogens is 2. The van der Waals surface area contributed by atoms with Crippen molar-refractivity contribution in [3.8, 4) is 17.0 Å². The fourth-order valence-corrected chi connectivity index (χ4v) is 10.9. The summed E-state index contributed by atoms with van der Waals surface area (Å²) in [4.78, 5) is 37.4. The SMILES string of the molecule is COc1ccc2c(c1)C1CC1(C(=O)N1C3CCC1CN(C)C3)Cn1c-2c(C2CCCCC2)c2ccc(C(=O)NS(=O)(=O)c3ccc(C)cn3)cc21. The van der Waals surface area contributed by atoms with Crippen LogP contribution in [0.1, 0.15) is 90.3 Å². The van der Waals surface area contributed by atoms with Crippen LogP contribution in [0.3, 0.4) is 0 Å². The molecule has 2 aliphatic carbocycles. The van der Waals surface area contributed by atoms with E-state index in [2.05, 4.69) is 43.3 Å². The van der Waals surface area contributed by atoms with Gasteiger partial charge in [0.15, 0.2) is 5.03 Å². The topological polar surface area (TPSA) is 114 Å². The van der Waals surface area contributed by atoms with Gasteiger partial charge in [0.05, 0.1) is 18.2 Å². The van der Waals surface area contributed by atoms with Crippen molar-refractivity contribution in [1.29, 1.82) is 0 Å². The number of likely N-dealkylation sites (tertiary alicyclic amines) is 1. The van der Waals surface area contributed by atoms with E-state index in [0.717, 1.165) is 97.1 Å². The van der Waals surface area contributed by atoms with Gasteiger partial charge in [-0.1, -0.05) is 31.4 Å². The molecule has 2 amide bonds. The van der Waals surface area contributed by atoms with Crippen LogP contribution in [0.25, 0.3) is 22.2 Å². The number of ether oxygens (including phenoxy) is 1. The number of carbonyl (C=O) groups excluding carboxylic acids is 2. The highest BCUT2D eigenvalue weighted by molar-refractivity contribution is 7.90. The van der Waals surface area contributed by atoms with Crippen LogP contribution in [0.15, 0.2) is 59.8 Å². The molecule has 266 valence electrons. The molecule has 11 heteroatoms. The first-order valence-electron chi connectivity index (χ1n) is 18.4. The Morgan fingerprint density at radius 3 is 2.43 bits per heavy atom. The van der Waals surface area contributed by atoms with Crippen LogP contribution >= 0.6 is 0 Å². The molecule has 0 spiro atoms. The van der Waals surface area contributed by atoms with E-state index in [0.29, 0.717) is 12.5 Å². The van der Waals surface area contributed by atoms with Gasteiger partial charge in [0.25, 0.3) is 15.9 Å². The minimum absolute atomic E-state index is 0.0574. The zero-order valence-electron chi connectivity index (χ0n) is 29.5. The molecule has 5 heterocycles. The standard InChI is InChI=1S/C40H45N5O5S/c1-24-9-16-35(41-20-24)51(48,49)42-38(46)26-10-14-31-34(17-26)44-23-40(39(47)45-27-11-12-28(45)22-43(2)21-27)19-33(40)32-18-29(50-3)13-15-30(32)37(44)36(31)25-7-5-4-6-8-25/h9-10,13-18,20,25,27-28,33H,4-8,11-12,19,21-23H2,1-3H3,(H,42,46). The summed E-state index contributed by atoms with van der Waals surface area (Å²) in [5, 5.41) is 0.864. The van der Waals surface area contributed by atoms with E-state index in [1.165, 1.54) is 24.2 Å². The van der Waals surface area contributed by atoms with Crippen LogP contribution in [0.5, 0.6) is 5.75 Å². The summed E-state index contributed by atoms with van der Waals surface area (Å²) in [6, 6.07) is 15.4. The Morgan fingerprint density at radius 2 is 1.73 bits per heavy atom. The highest BCUT2D eigenvalue weighted by Crippen LogP contribution is 2.66. The molecule has 1 N–H and O–H groups in total. The zero-order valence-corrected chi connectivity index (χ0v) is 30.3. The number of aryl methyl sites for hydroxylation is 1. The summed E-state index contributed by atoms with van der Waals surface area (Å²) in [5.74, 6) is 0.726. The molecular formula is C40H45N5O5S. The molecule has 4 aromatic rings. The molecule has 2 aromatic heterocycles. The minimum atomic E-state index is -4.19. The summed E-state index contributed by atoms with van der Waals surface area (Å²) >= 11 is 0. The average molecular weight is 708 g/mol. The first kappa shape index (κ1) is 32.7. The Bertz CT molecular complexity index is 2180. The molecule has 51 heavy (non-hydrogen) atoms. The Hall–Kier alpha value is -4.22. The van der Waals surface area contributed by atoms with Crippen LogP contribution in [0, 0.1) is 12.3 Å². The van der Waals surface area contributed by atoms with E-state index in [-0.39, 0.29) is 34.5 Å². The number of pyridine rings is 1. The molecule has 4 atom stereocenters. The van der Waals surface area contributed by atoms with Gasteiger partial charge in [0.2, 0.25) is 5.91 Å². The maximum Gasteiger partial charge on any atom is 0.281 e. The number of fused-ring (bicyclic) bond motifs is 9. The lowest BCUT2D eigenvalue weighted by molar-refractivity contribution is -0.143. The summed E-state index contributed by atoms with van der Waals surface area (Å²) in [5.41, 5.74) is 6.03. The average Bonchev–Trinajstić information content (AvgIpc) is 3.71. The van der Waals surface area contributed by atoms with Crippen LogP contribution in [-0.4, -0.2) is 78.9 Å². The second kappa shape index (κ2) is 11.9. The van der Waals surface area contributed by atoms with Gasteiger partial charge in [-0.25, -0.2) is 9.71 Å². The Morgan fingerprint density at radius 1 is 0.961 bits per heavy atom. The molecule has 2 bridgehead atoms. The predicted octanol–water partition coefficient (Wildman–Crippen LogP) is 5.98. The number of likely N-dealkylation sites (N-methyl/N-ethyl adjacent to an activating group) is 1. The number of amides is 2. The van der Waals surface area contributed by atoms with Crippen molar-refractivity contribution in [3.05, 3.63) is 77.0 Å². The molecule has 10 nitrogen and oxygen atoms in total. The number of hydrogen-bond donors (Lipinski definition) is 1. The first-order valence-corrected chi connectivity index (χ1v) is 19.9. The number of rotatable bonds is 6. The second-order valence-corrected chi connectivity index (χ2v) is 17.3. The van der Waals surface area contributed by atoms with E-state index in [1.807, 2.05) is 25.1 Å². The van der Waals surface area contributed by atoms with Crippen LogP contribution in [-0.2, 0) is 21.4 Å². The van der Waals surface area contributed by atoms with E-state index in [9.17, 15) is 13.2 Å². The van der Waals surface area contributed by atoms with Crippen molar-refractivity contribution in [2.24, 2.45) is 5.41 Å². The van der Waals surface area contributed by atoms with Gasteiger partial charge in [-0.15, -0.1) is 0 Å². The number of carbonyl (C=O) groups is 2. The van der Waals surface area contributed by atoms with Crippen molar-refractivity contribution in [3.63, 3.8) is 0 Å². The fourth-order valence-electron chi connectivity index (χ4n) is 9.97. The normalized spacial score (nSPS) is 25.9. The molecule has 9 rings (SSSR count). The molecule has 2 saturated heterocycles. The number of piperazine rings is 1. The number of nitrogens with one attached hydrogen (secondary N) is 1. The van der Waals surface area contributed by atoms with Crippen LogP contribution in [0.2, 0.25) is 0 Å². The molecule has 2 aromatic carbocycles. The number of methoxy groups -OCH3 is 1. The largest absolute Gasteiger partial charge is 0.497 e. The summed E-state index contributed by atoms with van der Waals surface area (Å²) < 4.78 is 36.8. The second-order valence-electron chi connectivity index (χ2n) is 15.7. The Labute approximate surface area is 299 Å². The van der Waals surface area contributed by atoms with Gasteiger partial charge < -0.3 is 19.1 Å². The fraction of sp³-hybridized carbons (Fsp3) is 0.475. The van der Waals surface area contributed by atoms with Crippen molar-refractivity contribution in [2.45, 2.75) is 93.8 Å². The van der Waals surface area contributed by atoms with Gasteiger partial charge in [0.1, 0.15) is 5.75 Å². The quantitative estimate of drug-likeness (QED) is 0.263. The minimum Gasteiger partial charge on any atom is -0.497 e. The van der Waals surface area contributed by atoms with Crippen molar-refractivity contribution >= 4 is 32.7 Å². The predicted molar refractivity (Wildman–Crippen MR) is 194 cm³/mol. The third kappa shape index (κ3) is 5.21. The lowest BCUT2D eigenvalue weighted by atomic mass is 9.81. The van der Waals surface area contributed by atoms with E-state index < -0.39 is 21.3 Å². The molecule has 2 saturated carbocycles. The molecule has 5 aliphatic rings. The number of benzene rings is 2. The molecule has 4 unspecified atom stereocenters. The Kier molecular flexibility index (Phi) is 7.63. The van der Waals surface area contributed by atoms with Gasteiger partial charge in [-0.3, -0.25) is 9.59 Å². The summed E-state index contributed by atoms with van der Waals surface area (Å²) in [7, 11) is -0.341. The van der Waals surface area contributed by atoms with Crippen molar-refractivity contribution in [2.75, 3.05) is 27.2 Å². The van der Waals surface area contributed by atoms with Crippen molar-refractivity contribution < 1.29 is 22.7 Å². The summed E-state index contributed by atoms with van der Waals surface area (Å²) in [6.45, 7) is 4.13. The third-order valence-corrected chi connectivity index (χ3v) is 13.7. The van der Waals surface area contributed by atoms with Crippen LogP contribution in [0.4, 0.5) is 0 Å².